The van der Waals surface area contributed by atoms with Gasteiger partial charge in [-0.3, -0.25) is 9.58 Å². The van der Waals surface area contributed by atoms with Gasteiger partial charge in [-0.2, -0.15) is 5.10 Å². The zero-order valence-electron chi connectivity index (χ0n) is 9.88. The molecule has 0 amide bonds. The first-order valence-electron chi connectivity index (χ1n) is 6.14. The van der Waals surface area contributed by atoms with Crippen molar-refractivity contribution in [1.82, 2.24) is 14.7 Å². The molecule has 4 heteroatoms. The molecule has 2 aromatic rings. The van der Waals surface area contributed by atoms with Gasteiger partial charge in [-0.15, -0.1) is 0 Å². The molecule has 0 atom stereocenters. The van der Waals surface area contributed by atoms with Gasteiger partial charge >= 0.3 is 0 Å². The third-order valence-corrected chi connectivity index (χ3v) is 3.28. The van der Waals surface area contributed by atoms with Crippen LogP contribution in [0.5, 0.6) is 0 Å². The predicted molar refractivity (Wildman–Crippen MR) is 67.0 cm³/mol. The molecule has 0 N–H and O–H groups in total. The largest absolute Gasteiger partial charge is 0.379 e. The Labute approximate surface area is 101 Å². The van der Waals surface area contributed by atoms with E-state index in [2.05, 4.69) is 38.9 Å². The van der Waals surface area contributed by atoms with E-state index in [1.807, 2.05) is 6.20 Å². The first-order valence-corrected chi connectivity index (χ1v) is 6.14. The molecular formula is C13H17N3O. The number of morpholine rings is 1. The van der Waals surface area contributed by atoms with E-state index in [1.165, 1.54) is 10.9 Å². The van der Waals surface area contributed by atoms with Gasteiger partial charge in [-0.25, -0.2) is 0 Å². The molecular weight excluding hydrogens is 214 g/mol. The molecule has 0 spiro atoms. The lowest BCUT2D eigenvalue weighted by Gasteiger charge is -2.26. The van der Waals surface area contributed by atoms with Crippen molar-refractivity contribution in [1.29, 1.82) is 0 Å². The lowest BCUT2D eigenvalue weighted by molar-refractivity contribution is 0.0361. The Hall–Kier alpha value is -1.39. The van der Waals surface area contributed by atoms with E-state index in [-0.39, 0.29) is 0 Å². The van der Waals surface area contributed by atoms with Crippen molar-refractivity contribution < 1.29 is 4.74 Å². The molecule has 0 saturated carbocycles. The topological polar surface area (TPSA) is 30.3 Å². The highest BCUT2D eigenvalue weighted by atomic mass is 16.5. The van der Waals surface area contributed by atoms with Crippen LogP contribution >= 0.6 is 0 Å². The minimum atomic E-state index is 0.861. The molecule has 1 aliphatic rings. The third-order valence-electron chi connectivity index (χ3n) is 3.28. The third kappa shape index (κ3) is 2.33. The Morgan fingerprint density at radius 3 is 2.82 bits per heavy atom. The van der Waals surface area contributed by atoms with E-state index < -0.39 is 0 Å². The van der Waals surface area contributed by atoms with Crippen LogP contribution < -0.4 is 0 Å². The van der Waals surface area contributed by atoms with Crippen LogP contribution in [0.1, 0.15) is 0 Å². The summed E-state index contributed by atoms with van der Waals surface area (Å²) in [5.41, 5.74) is 1.22. The highest BCUT2D eigenvalue weighted by molar-refractivity contribution is 5.78. The van der Waals surface area contributed by atoms with Crippen LogP contribution in [0.4, 0.5) is 0 Å². The Morgan fingerprint density at radius 1 is 1.12 bits per heavy atom. The van der Waals surface area contributed by atoms with Crippen molar-refractivity contribution in [2.75, 3.05) is 32.8 Å². The van der Waals surface area contributed by atoms with E-state index in [0.29, 0.717) is 0 Å². The standard InChI is InChI=1S/C13H17N3O/c1-2-4-13-12(3-1)11-14-16(13)6-5-15-7-9-17-10-8-15/h1-4,11H,5-10H2. The lowest BCUT2D eigenvalue weighted by atomic mass is 10.2. The summed E-state index contributed by atoms with van der Waals surface area (Å²) in [6, 6.07) is 8.35. The normalized spacial score (nSPS) is 17.6. The van der Waals surface area contributed by atoms with E-state index in [1.54, 1.807) is 0 Å². The minimum Gasteiger partial charge on any atom is -0.379 e. The van der Waals surface area contributed by atoms with E-state index in [4.69, 9.17) is 4.74 Å². The Kier molecular flexibility index (Phi) is 3.07. The SMILES string of the molecule is c1ccc2c(c1)cnn2CCN1CCOCC1. The van der Waals surface area contributed by atoms with Gasteiger partial charge in [0.05, 0.1) is 31.5 Å². The monoisotopic (exact) mass is 231 g/mol. The summed E-state index contributed by atoms with van der Waals surface area (Å²) >= 11 is 0. The highest BCUT2D eigenvalue weighted by Crippen LogP contribution is 2.12. The fourth-order valence-electron chi connectivity index (χ4n) is 2.26. The van der Waals surface area contributed by atoms with Crippen molar-refractivity contribution in [2.45, 2.75) is 6.54 Å². The van der Waals surface area contributed by atoms with Crippen molar-refractivity contribution in [3.63, 3.8) is 0 Å². The Bertz CT molecular complexity index is 488. The molecule has 0 aliphatic carbocycles. The van der Waals surface area contributed by atoms with Crippen molar-refractivity contribution in [3.05, 3.63) is 30.5 Å². The molecule has 17 heavy (non-hydrogen) atoms. The number of hydrogen-bond acceptors (Lipinski definition) is 3. The Balaban J connectivity index is 1.68. The number of rotatable bonds is 3. The molecule has 4 nitrogen and oxygen atoms in total. The van der Waals surface area contributed by atoms with Gasteiger partial charge in [0.15, 0.2) is 0 Å². The summed E-state index contributed by atoms with van der Waals surface area (Å²) in [6.07, 6.45) is 1.94. The second-order valence-corrected chi connectivity index (χ2v) is 4.38. The maximum Gasteiger partial charge on any atom is 0.0682 e. The molecule has 0 bridgehead atoms. The van der Waals surface area contributed by atoms with E-state index >= 15 is 0 Å². The van der Waals surface area contributed by atoms with Gasteiger partial charge in [-0.1, -0.05) is 18.2 Å². The van der Waals surface area contributed by atoms with Crippen LogP contribution in [0.25, 0.3) is 10.9 Å². The molecule has 1 aliphatic heterocycles. The second-order valence-electron chi connectivity index (χ2n) is 4.38. The smallest absolute Gasteiger partial charge is 0.0682 e. The summed E-state index contributed by atoms with van der Waals surface area (Å²) in [4.78, 5) is 2.43. The molecule has 1 aromatic heterocycles. The maximum atomic E-state index is 5.34. The molecule has 3 rings (SSSR count). The number of ether oxygens (including phenoxy) is 1. The highest BCUT2D eigenvalue weighted by Gasteiger charge is 2.10. The van der Waals surface area contributed by atoms with Crippen molar-refractivity contribution >= 4 is 10.9 Å². The van der Waals surface area contributed by atoms with Gasteiger partial charge in [0.25, 0.3) is 0 Å². The summed E-state index contributed by atoms with van der Waals surface area (Å²) < 4.78 is 7.43. The Morgan fingerprint density at radius 2 is 1.94 bits per heavy atom. The molecule has 0 unspecified atom stereocenters. The van der Waals surface area contributed by atoms with E-state index in [0.717, 1.165) is 39.4 Å². The van der Waals surface area contributed by atoms with Gasteiger partial charge in [0, 0.05) is 25.0 Å². The first-order chi connectivity index (χ1) is 8.43. The molecule has 1 fully saturated rings. The van der Waals surface area contributed by atoms with Crippen LogP contribution in [0.3, 0.4) is 0 Å². The first kappa shape index (κ1) is 10.7. The number of fused-ring (bicyclic) bond motifs is 1. The van der Waals surface area contributed by atoms with Gasteiger partial charge in [0.2, 0.25) is 0 Å². The van der Waals surface area contributed by atoms with Crippen molar-refractivity contribution in [2.24, 2.45) is 0 Å². The van der Waals surface area contributed by atoms with Crippen LogP contribution in [0.15, 0.2) is 30.5 Å². The molecule has 1 saturated heterocycles. The average molecular weight is 231 g/mol. The maximum absolute atomic E-state index is 5.34. The van der Waals surface area contributed by atoms with Crippen LogP contribution in [-0.4, -0.2) is 47.5 Å². The number of para-hydroxylation sites is 1. The zero-order valence-corrected chi connectivity index (χ0v) is 9.88. The van der Waals surface area contributed by atoms with Crippen LogP contribution in [0, 0.1) is 0 Å². The molecule has 0 radical (unpaired) electrons. The van der Waals surface area contributed by atoms with Crippen molar-refractivity contribution in [3.8, 4) is 0 Å². The predicted octanol–water partition coefficient (Wildman–Crippen LogP) is 1.37. The fourth-order valence-corrected chi connectivity index (χ4v) is 2.26. The lowest BCUT2D eigenvalue weighted by Crippen LogP contribution is -2.38. The van der Waals surface area contributed by atoms with Gasteiger partial charge < -0.3 is 4.74 Å². The summed E-state index contributed by atoms with van der Waals surface area (Å²) in [5.74, 6) is 0. The number of nitrogens with zero attached hydrogens (tertiary/aromatic N) is 3. The fraction of sp³-hybridized carbons (Fsp3) is 0.462. The minimum absolute atomic E-state index is 0.861. The summed E-state index contributed by atoms with van der Waals surface area (Å²) in [7, 11) is 0. The number of aromatic nitrogens is 2. The number of benzene rings is 1. The molecule has 1 aromatic carbocycles. The average Bonchev–Trinajstić information content (AvgIpc) is 2.81. The van der Waals surface area contributed by atoms with Gasteiger partial charge in [-0.05, 0) is 6.07 Å². The molecule has 2 heterocycles. The second kappa shape index (κ2) is 4.85. The number of hydrogen-bond donors (Lipinski definition) is 0. The van der Waals surface area contributed by atoms with Gasteiger partial charge in [0.1, 0.15) is 0 Å². The van der Waals surface area contributed by atoms with Crippen LogP contribution in [-0.2, 0) is 11.3 Å². The zero-order chi connectivity index (χ0) is 11.5. The summed E-state index contributed by atoms with van der Waals surface area (Å²) in [5, 5.41) is 5.66. The van der Waals surface area contributed by atoms with E-state index in [9.17, 15) is 0 Å². The molecule has 90 valence electrons. The van der Waals surface area contributed by atoms with Crippen LogP contribution in [0.2, 0.25) is 0 Å². The quantitative estimate of drug-likeness (QED) is 0.799. The summed E-state index contributed by atoms with van der Waals surface area (Å²) in [6.45, 7) is 5.81.